The second-order valence-corrected chi connectivity index (χ2v) is 1.99. The maximum absolute atomic E-state index is 5.09. The van der Waals surface area contributed by atoms with Gasteiger partial charge in [-0.05, 0) is 6.20 Å². The first-order chi connectivity index (χ1) is 3.77. The van der Waals surface area contributed by atoms with E-state index in [1.165, 1.54) is 0 Å². The Balaban J connectivity index is 2.93. The molecule has 2 nitrogen and oxygen atoms in total. The largest absolute Gasteiger partial charge is 0.405 e. The van der Waals surface area contributed by atoms with E-state index in [1.54, 1.807) is 6.20 Å². The Kier molecular flexibility index (Phi) is 4.36. The Labute approximate surface area is 50.8 Å². The highest BCUT2D eigenvalue weighted by Crippen LogP contribution is 1.73. The molecule has 0 aromatic carbocycles. The van der Waals surface area contributed by atoms with Crippen LogP contribution in [0.3, 0.4) is 0 Å². The Bertz CT molecular complexity index is 66.9. The van der Waals surface area contributed by atoms with Gasteiger partial charge in [-0.1, -0.05) is 19.9 Å². The molecule has 0 aliphatic heterocycles. The zero-order chi connectivity index (χ0) is 6.41. The van der Waals surface area contributed by atoms with Gasteiger partial charge in [-0.2, -0.15) is 0 Å². The van der Waals surface area contributed by atoms with Crippen LogP contribution in [0.4, 0.5) is 0 Å². The van der Waals surface area contributed by atoms with Gasteiger partial charge in [0.2, 0.25) is 0 Å². The molecule has 0 radical (unpaired) electrons. The predicted octanol–water partition coefficient (Wildman–Crippen LogP) is 0.457. The van der Waals surface area contributed by atoms with Crippen molar-refractivity contribution < 1.29 is 0 Å². The van der Waals surface area contributed by atoms with Gasteiger partial charge >= 0.3 is 0 Å². The zero-order valence-corrected chi connectivity index (χ0v) is 5.52. The molecule has 0 bridgehead atoms. The summed E-state index contributed by atoms with van der Waals surface area (Å²) in [5, 5.41) is 3.18. The summed E-state index contributed by atoms with van der Waals surface area (Å²) in [5.74, 6) is 0. The molecular formula is C6H14N2. The lowest BCUT2D eigenvalue weighted by atomic mass is 10.4. The SMILES string of the molecule is CC(C)NC/C=C/N. The van der Waals surface area contributed by atoms with Gasteiger partial charge in [0.25, 0.3) is 0 Å². The van der Waals surface area contributed by atoms with Crippen LogP contribution in [0.25, 0.3) is 0 Å². The fourth-order valence-electron chi connectivity index (χ4n) is 0.372. The fourth-order valence-corrected chi connectivity index (χ4v) is 0.372. The number of nitrogens with two attached hydrogens (primary N) is 1. The van der Waals surface area contributed by atoms with E-state index < -0.39 is 0 Å². The molecule has 0 heterocycles. The molecule has 48 valence electrons. The van der Waals surface area contributed by atoms with Gasteiger partial charge in [-0.15, -0.1) is 0 Å². The molecule has 2 heteroatoms. The third-order valence-corrected chi connectivity index (χ3v) is 0.780. The van der Waals surface area contributed by atoms with Crippen LogP contribution in [0.15, 0.2) is 12.3 Å². The minimum Gasteiger partial charge on any atom is -0.405 e. The molecule has 0 unspecified atom stereocenters. The van der Waals surface area contributed by atoms with Gasteiger partial charge in [0.15, 0.2) is 0 Å². The van der Waals surface area contributed by atoms with Crippen molar-refractivity contribution in [1.29, 1.82) is 0 Å². The molecule has 3 N–H and O–H groups in total. The normalized spacial score (nSPS) is 11.4. The number of hydrogen-bond donors (Lipinski definition) is 2. The molecule has 0 aliphatic rings. The minimum absolute atomic E-state index is 0.547. The summed E-state index contributed by atoms with van der Waals surface area (Å²) in [6.45, 7) is 5.07. The minimum atomic E-state index is 0.547. The van der Waals surface area contributed by atoms with Crippen molar-refractivity contribution in [2.45, 2.75) is 19.9 Å². The van der Waals surface area contributed by atoms with E-state index >= 15 is 0 Å². The Hall–Kier alpha value is -0.500. The van der Waals surface area contributed by atoms with E-state index in [4.69, 9.17) is 5.73 Å². The van der Waals surface area contributed by atoms with Crippen LogP contribution in [0, 0.1) is 0 Å². The Morgan fingerprint density at radius 1 is 1.62 bits per heavy atom. The van der Waals surface area contributed by atoms with Gasteiger partial charge in [0, 0.05) is 12.6 Å². The van der Waals surface area contributed by atoms with Crippen molar-refractivity contribution >= 4 is 0 Å². The molecule has 0 aromatic rings. The smallest absolute Gasteiger partial charge is 0.0154 e. The topological polar surface area (TPSA) is 38.0 Å². The van der Waals surface area contributed by atoms with Gasteiger partial charge in [0.1, 0.15) is 0 Å². The second-order valence-electron chi connectivity index (χ2n) is 1.99. The third-order valence-electron chi connectivity index (χ3n) is 0.780. The van der Waals surface area contributed by atoms with Crippen molar-refractivity contribution in [1.82, 2.24) is 5.32 Å². The number of rotatable bonds is 3. The van der Waals surface area contributed by atoms with Gasteiger partial charge in [0.05, 0.1) is 0 Å². The van der Waals surface area contributed by atoms with Crippen LogP contribution >= 0.6 is 0 Å². The summed E-state index contributed by atoms with van der Waals surface area (Å²) >= 11 is 0. The average molecular weight is 114 g/mol. The molecule has 0 saturated heterocycles. The maximum Gasteiger partial charge on any atom is 0.0154 e. The zero-order valence-electron chi connectivity index (χ0n) is 5.52. The first-order valence-corrected chi connectivity index (χ1v) is 2.87. The van der Waals surface area contributed by atoms with E-state index in [-0.39, 0.29) is 0 Å². The molecule has 0 saturated carbocycles. The van der Waals surface area contributed by atoms with Gasteiger partial charge < -0.3 is 11.1 Å². The molecule has 0 spiro atoms. The average Bonchev–Trinajstić information content (AvgIpc) is 1.66. The first kappa shape index (κ1) is 7.50. The third kappa shape index (κ3) is 5.50. The summed E-state index contributed by atoms with van der Waals surface area (Å²) in [6, 6.07) is 0.547. The predicted molar refractivity (Wildman–Crippen MR) is 36.5 cm³/mol. The van der Waals surface area contributed by atoms with Gasteiger partial charge in [-0.25, -0.2) is 0 Å². The summed E-state index contributed by atoms with van der Waals surface area (Å²) in [4.78, 5) is 0. The molecule has 0 fully saturated rings. The molecular weight excluding hydrogens is 100 g/mol. The Morgan fingerprint density at radius 3 is 2.62 bits per heavy atom. The quantitative estimate of drug-likeness (QED) is 0.559. The monoisotopic (exact) mass is 114 g/mol. The lowest BCUT2D eigenvalue weighted by Crippen LogP contribution is -2.22. The summed E-state index contributed by atoms with van der Waals surface area (Å²) < 4.78 is 0. The van der Waals surface area contributed by atoms with Crippen molar-refractivity contribution in [3.05, 3.63) is 12.3 Å². The summed E-state index contributed by atoms with van der Waals surface area (Å²) in [7, 11) is 0. The fraction of sp³-hybridized carbons (Fsp3) is 0.667. The van der Waals surface area contributed by atoms with Crippen LogP contribution in [0.2, 0.25) is 0 Å². The molecule has 0 rings (SSSR count). The lowest BCUT2D eigenvalue weighted by Gasteiger charge is -2.02. The highest BCUT2D eigenvalue weighted by atomic mass is 14.9. The molecule has 0 amide bonds. The molecule has 8 heavy (non-hydrogen) atoms. The lowest BCUT2D eigenvalue weighted by molar-refractivity contribution is 0.632. The second kappa shape index (κ2) is 4.65. The van der Waals surface area contributed by atoms with E-state index in [0.717, 1.165) is 6.54 Å². The first-order valence-electron chi connectivity index (χ1n) is 2.87. The van der Waals surface area contributed by atoms with Crippen molar-refractivity contribution in [2.75, 3.05) is 6.54 Å². The molecule has 0 aromatic heterocycles. The molecule has 0 aliphatic carbocycles. The van der Waals surface area contributed by atoms with E-state index in [0.29, 0.717) is 6.04 Å². The Morgan fingerprint density at radius 2 is 2.25 bits per heavy atom. The van der Waals surface area contributed by atoms with E-state index in [9.17, 15) is 0 Å². The number of hydrogen-bond acceptors (Lipinski definition) is 2. The highest BCUT2D eigenvalue weighted by molar-refractivity contribution is 4.78. The van der Waals surface area contributed by atoms with Crippen LogP contribution in [0.5, 0.6) is 0 Å². The van der Waals surface area contributed by atoms with Gasteiger partial charge in [-0.3, -0.25) is 0 Å². The van der Waals surface area contributed by atoms with Crippen LogP contribution in [0.1, 0.15) is 13.8 Å². The molecule has 0 atom stereocenters. The maximum atomic E-state index is 5.09. The number of nitrogens with one attached hydrogen (secondary N) is 1. The van der Waals surface area contributed by atoms with Crippen molar-refractivity contribution in [3.63, 3.8) is 0 Å². The van der Waals surface area contributed by atoms with Crippen LogP contribution < -0.4 is 11.1 Å². The summed E-state index contributed by atoms with van der Waals surface area (Å²) in [5.41, 5.74) is 5.09. The van der Waals surface area contributed by atoms with Crippen LogP contribution in [-0.2, 0) is 0 Å². The van der Waals surface area contributed by atoms with E-state index in [1.807, 2.05) is 6.08 Å². The van der Waals surface area contributed by atoms with E-state index in [2.05, 4.69) is 19.2 Å². The van der Waals surface area contributed by atoms with Crippen molar-refractivity contribution in [3.8, 4) is 0 Å². The highest BCUT2D eigenvalue weighted by Gasteiger charge is 1.84. The van der Waals surface area contributed by atoms with Crippen LogP contribution in [-0.4, -0.2) is 12.6 Å². The standard InChI is InChI=1S/C6H14N2/c1-6(2)8-5-3-4-7/h3-4,6,8H,5,7H2,1-2H3/b4-3+. The summed E-state index contributed by atoms with van der Waals surface area (Å²) in [6.07, 6.45) is 3.44. The van der Waals surface area contributed by atoms with Crippen molar-refractivity contribution in [2.24, 2.45) is 5.73 Å².